The minimum atomic E-state index is -4.47. The molecule has 9 nitrogen and oxygen atoms in total. The number of fused-ring (bicyclic) bond motifs is 4. The van der Waals surface area contributed by atoms with E-state index in [9.17, 15) is 16.8 Å². The second kappa shape index (κ2) is 11.6. The van der Waals surface area contributed by atoms with Crippen molar-refractivity contribution >= 4 is 41.9 Å². The second-order valence-electron chi connectivity index (χ2n) is 10.7. The molecule has 1 aliphatic heterocycles. The molecule has 0 radical (unpaired) electrons. The van der Waals surface area contributed by atoms with Crippen molar-refractivity contribution in [2.75, 3.05) is 13.6 Å². The second-order valence-corrected chi connectivity index (χ2v) is 13.5. The van der Waals surface area contributed by atoms with Gasteiger partial charge in [-0.1, -0.05) is 35.9 Å². The molecule has 2 aromatic heterocycles. The van der Waals surface area contributed by atoms with E-state index in [0.29, 0.717) is 0 Å². The Bertz CT molecular complexity index is 1950. The average Bonchev–Trinajstić information content (AvgIpc) is 3.23. The van der Waals surface area contributed by atoms with Gasteiger partial charge in [0.2, 0.25) is 0 Å². The highest BCUT2D eigenvalue weighted by molar-refractivity contribution is 7.86. The highest BCUT2D eigenvalue weighted by atomic mass is 32.2. The van der Waals surface area contributed by atoms with Gasteiger partial charge in [-0.25, -0.2) is 0 Å². The predicted octanol–water partition coefficient (Wildman–Crippen LogP) is 5.22. The normalized spacial score (nSPS) is 14.0. The zero-order chi connectivity index (χ0) is 30.2. The van der Waals surface area contributed by atoms with E-state index in [1.165, 1.54) is 63.1 Å². The van der Waals surface area contributed by atoms with Crippen molar-refractivity contribution in [1.82, 2.24) is 14.5 Å². The van der Waals surface area contributed by atoms with E-state index >= 15 is 0 Å². The van der Waals surface area contributed by atoms with Gasteiger partial charge in [0.15, 0.2) is 0 Å². The molecule has 6 rings (SSSR count). The van der Waals surface area contributed by atoms with Crippen LogP contribution in [0.3, 0.4) is 0 Å². The zero-order valence-corrected chi connectivity index (χ0v) is 25.3. The fourth-order valence-corrected chi connectivity index (χ4v) is 7.06. The number of aromatic nitrogens is 2. The third-order valence-electron chi connectivity index (χ3n) is 7.75. The summed E-state index contributed by atoms with van der Waals surface area (Å²) in [5.74, 6) is 0. The van der Waals surface area contributed by atoms with Crippen LogP contribution in [0.25, 0.3) is 21.7 Å². The van der Waals surface area contributed by atoms with E-state index < -0.39 is 30.0 Å². The molecule has 42 heavy (non-hydrogen) atoms. The van der Waals surface area contributed by atoms with Crippen LogP contribution in [0.15, 0.2) is 82.8 Å². The van der Waals surface area contributed by atoms with Crippen LogP contribution < -0.4 is 0 Å². The Morgan fingerprint density at radius 3 is 2.10 bits per heavy atom. The quantitative estimate of drug-likeness (QED) is 0.260. The molecule has 0 aliphatic carbocycles. The molecule has 0 atom stereocenters. The Kier molecular flexibility index (Phi) is 8.23. The number of likely N-dealkylation sites (N-methyl/N-ethyl adjacent to an activating group) is 1. The van der Waals surface area contributed by atoms with Crippen LogP contribution in [-0.2, 0) is 46.2 Å². The fourth-order valence-electron chi connectivity index (χ4n) is 5.65. The van der Waals surface area contributed by atoms with Gasteiger partial charge in [0.25, 0.3) is 20.2 Å². The minimum absolute atomic E-state index is 0.0233. The molecule has 2 N–H and O–H groups in total. The van der Waals surface area contributed by atoms with E-state index in [1.54, 1.807) is 0 Å². The first-order valence-corrected chi connectivity index (χ1v) is 16.4. The Morgan fingerprint density at radius 2 is 1.50 bits per heavy atom. The molecule has 0 saturated heterocycles. The molecule has 11 heteroatoms. The Morgan fingerprint density at radius 1 is 0.857 bits per heavy atom. The molecule has 0 fully saturated rings. The Labute approximate surface area is 245 Å². The number of benzene rings is 3. The summed E-state index contributed by atoms with van der Waals surface area (Å²) >= 11 is 0. The van der Waals surface area contributed by atoms with Gasteiger partial charge >= 0.3 is 0 Å². The highest BCUT2D eigenvalue weighted by Crippen LogP contribution is 2.32. The fraction of sp³-hybridized carbons (Fsp3) is 0.258. The standard InChI is InChI=1S/C21H25N3.C10H8O6S2/c1-15-4-5-20-18(12-15)19-14-23(3)10-8-21(19)24(20)11-7-17-13-22-9-6-16(17)2;11-17(12,13)9-5-1-3-7-8(9)4-2-6-10(7)18(14,15)16/h4-6,9,12-13H,7-8,10-11,14H2,1-3H3;1-6H,(H,11,12,13)(H,14,15,16). The van der Waals surface area contributed by atoms with Crippen LogP contribution >= 0.6 is 0 Å². The minimum Gasteiger partial charge on any atom is -0.344 e. The molecule has 3 aromatic carbocycles. The number of hydrogen-bond acceptors (Lipinski definition) is 6. The van der Waals surface area contributed by atoms with E-state index in [-0.39, 0.29) is 10.8 Å². The van der Waals surface area contributed by atoms with Gasteiger partial charge in [-0.15, -0.1) is 0 Å². The van der Waals surface area contributed by atoms with Crippen LogP contribution in [0.4, 0.5) is 0 Å². The molecule has 3 heterocycles. The lowest BCUT2D eigenvalue weighted by atomic mass is 10.0. The van der Waals surface area contributed by atoms with Crippen molar-refractivity contribution in [2.45, 2.75) is 49.6 Å². The summed E-state index contributed by atoms with van der Waals surface area (Å²) in [6.45, 7) is 7.61. The highest BCUT2D eigenvalue weighted by Gasteiger charge is 2.22. The number of hydrogen-bond donors (Lipinski definition) is 2. The van der Waals surface area contributed by atoms with E-state index in [0.717, 1.165) is 44.6 Å². The molecule has 1 aliphatic rings. The third-order valence-corrected chi connectivity index (χ3v) is 9.57. The lowest BCUT2D eigenvalue weighted by Crippen LogP contribution is -2.27. The van der Waals surface area contributed by atoms with Crippen molar-refractivity contribution < 1.29 is 25.9 Å². The number of nitrogens with zero attached hydrogens (tertiary/aromatic N) is 3. The van der Waals surface area contributed by atoms with E-state index in [1.807, 2.05) is 12.4 Å². The maximum absolute atomic E-state index is 11.2. The van der Waals surface area contributed by atoms with Crippen LogP contribution in [0.5, 0.6) is 0 Å². The van der Waals surface area contributed by atoms with Gasteiger partial charge in [0.1, 0.15) is 9.79 Å². The van der Waals surface area contributed by atoms with Crippen LogP contribution in [0.1, 0.15) is 27.9 Å². The molecular weight excluding hydrogens is 574 g/mol. The van der Waals surface area contributed by atoms with Crippen molar-refractivity contribution in [3.05, 3.63) is 101 Å². The topological polar surface area (TPSA) is 130 Å². The van der Waals surface area contributed by atoms with Gasteiger partial charge in [-0.2, -0.15) is 16.8 Å². The van der Waals surface area contributed by atoms with Crippen LogP contribution in [0.2, 0.25) is 0 Å². The lowest BCUT2D eigenvalue weighted by molar-refractivity contribution is 0.309. The zero-order valence-electron chi connectivity index (χ0n) is 23.6. The first kappa shape index (κ1) is 29.9. The monoisotopic (exact) mass is 607 g/mol. The summed E-state index contributed by atoms with van der Waals surface area (Å²) in [6.07, 6.45) is 6.08. The smallest absolute Gasteiger partial charge is 0.295 e. The molecule has 0 amide bonds. The van der Waals surface area contributed by atoms with E-state index in [2.05, 4.69) is 59.6 Å². The summed E-state index contributed by atoms with van der Waals surface area (Å²) in [7, 11) is -6.71. The van der Waals surface area contributed by atoms with E-state index in [4.69, 9.17) is 9.11 Å². The Balaban J connectivity index is 0.000000176. The lowest BCUT2D eigenvalue weighted by Gasteiger charge is -2.24. The summed E-state index contributed by atoms with van der Waals surface area (Å²) in [6, 6.07) is 16.5. The maximum atomic E-state index is 11.2. The van der Waals surface area contributed by atoms with Gasteiger partial charge in [0.05, 0.1) is 0 Å². The average molecular weight is 608 g/mol. The maximum Gasteiger partial charge on any atom is 0.295 e. The molecule has 0 unspecified atom stereocenters. The molecule has 220 valence electrons. The number of pyridine rings is 1. The first-order valence-electron chi connectivity index (χ1n) is 13.5. The summed E-state index contributed by atoms with van der Waals surface area (Å²) < 4.78 is 65.2. The molecule has 5 aromatic rings. The van der Waals surface area contributed by atoms with Crippen molar-refractivity contribution in [3.8, 4) is 0 Å². The third kappa shape index (κ3) is 6.11. The summed E-state index contributed by atoms with van der Waals surface area (Å²) in [5.41, 5.74) is 8.50. The van der Waals surface area contributed by atoms with Crippen molar-refractivity contribution in [1.29, 1.82) is 0 Å². The summed E-state index contributed by atoms with van der Waals surface area (Å²) in [5, 5.41) is 1.49. The Hall–Kier alpha value is -3.61. The van der Waals surface area contributed by atoms with Crippen molar-refractivity contribution in [2.24, 2.45) is 0 Å². The number of aryl methyl sites for hydroxylation is 4. The molecular formula is C31H33N3O6S2. The first-order chi connectivity index (χ1) is 19.8. The SMILES string of the molecule is Cc1ccc2c(c1)c1c(n2CCc2cnccc2C)CCN(C)C1.O=S(=O)(O)c1cccc2c(S(=O)(=O)O)cccc12. The van der Waals surface area contributed by atoms with Gasteiger partial charge < -0.3 is 9.47 Å². The van der Waals surface area contributed by atoms with Crippen LogP contribution in [0, 0.1) is 13.8 Å². The summed E-state index contributed by atoms with van der Waals surface area (Å²) in [4.78, 5) is 5.91. The molecule has 0 bridgehead atoms. The van der Waals surface area contributed by atoms with Gasteiger partial charge in [0, 0.05) is 65.8 Å². The number of rotatable bonds is 5. The largest absolute Gasteiger partial charge is 0.344 e. The van der Waals surface area contributed by atoms with Crippen molar-refractivity contribution in [3.63, 3.8) is 0 Å². The predicted molar refractivity (Wildman–Crippen MR) is 163 cm³/mol. The molecule has 0 saturated carbocycles. The van der Waals surface area contributed by atoms with Crippen LogP contribution in [-0.4, -0.2) is 54.0 Å². The molecule has 0 spiro atoms. The van der Waals surface area contributed by atoms with Gasteiger partial charge in [-0.3, -0.25) is 14.1 Å². The van der Waals surface area contributed by atoms with Gasteiger partial charge in [-0.05, 0) is 74.3 Å².